The van der Waals surface area contributed by atoms with Gasteiger partial charge in [-0.05, 0) is 49.1 Å². The van der Waals surface area contributed by atoms with Crippen LogP contribution in [0.1, 0.15) is 28.1 Å². The first-order valence-corrected chi connectivity index (χ1v) is 7.83. The molecule has 0 saturated heterocycles. The van der Waals surface area contributed by atoms with Gasteiger partial charge in [-0.25, -0.2) is 4.39 Å². The molecule has 6 heteroatoms. The van der Waals surface area contributed by atoms with E-state index in [4.69, 9.17) is 0 Å². The largest absolute Gasteiger partial charge is 0.279 e. The van der Waals surface area contributed by atoms with Crippen molar-refractivity contribution in [2.45, 2.75) is 19.8 Å². The van der Waals surface area contributed by atoms with Crippen LogP contribution in [-0.2, 0) is 4.79 Å². The molecule has 1 aromatic heterocycles. The molecule has 22 heavy (non-hydrogen) atoms. The highest BCUT2D eigenvalue weighted by molar-refractivity contribution is 7.17. The smallest absolute Gasteiger partial charge is 0.273 e. The van der Waals surface area contributed by atoms with E-state index in [1.54, 1.807) is 18.2 Å². The first-order valence-electron chi connectivity index (χ1n) is 7.01. The van der Waals surface area contributed by atoms with E-state index >= 15 is 0 Å². The summed E-state index contributed by atoms with van der Waals surface area (Å²) >= 11 is 1.32. The van der Waals surface area contributed by atoms with Gasteiger partial charge < -0.3 is 0 Å². The van der Waals surface area contributed by atoms with E-state index in [1.807, 2.05) is 6.92 Å². The van der Waals surface area contributed by atoms with Crippen molar-refractivity contribution in [1.82, 2.24) is 10.9 Å². The molecule has 1 aromatic carbocycles. The van der Waals surface area contributed by atoms with Crippen molar-refractivity contribution in [2.24, 2.45) is 5.92 Å². The Morgan fingerprint density at radius 3 is 2.50 bits per heavy atom. The molecule has 2 N–H and O–H groups in total. The first-order chi connectivity index (χ1) is 10.5. The van der Waals surface area contributed by atoms with Crippen LogP contribution in [0, 0.1) is 18.7 Å². The third-order valence-electron chi connectivity index (χ3n) is 3.50. The number of benzene rings is 1. The number of nitrogens with one attached hydrogen (secondary N) is 2. The zero-order valence-corrected chi connectivity index (χ0v) is 12.8. The predicted molar refractivity (Wildman–Crippen MR) is 82.8 cm³/mol. The Balaban J connectivity index is 1.72. The molecule has 0 unspecified atom stereocenters. The summed E-state index contributed by atoms with van der Waals surface area (Å²) in [6.45, 7) is 1.90. The minimum Gasteiger partial charge on any atom is -0.273 e. The summed E-state index contributed by atoms with van der Waals surface area (Å²) < 4.78 is 13.0. The lowest BCUT2D eigenvalue weighted by Gasteiger charge is -2.04. The fourth-order valence-corrected chi connectivity index (χ4v) is 3.18. The Kier molecular flexibility index (Phi) is 3.94. The van der Waals surface area contributed by atoms with Crippen molar-refractivity contribution >= 4 is 23.2 Å². The van der Waals surface area contributed by atoms with Crippen molar-refractivity contribution in [2.75, 3.05) is 0 Å². The Bertz CT molecular complexity index is 720. The van der Waals surface area contributed by atoms with Gasteiger partial charge in [-0.3, -0.25) is 20.4 Å². The maximum absolute atomic E-state index is 13.0. The average molecular weight is 318 g/mol. The molecule has 0 atom stereocenters. The number of hydrogen-bond acceptors (Lipinski definition) is 3. The molecular formula is C16H15FN2O2S. The van der Waals surface area contributed by atoms with Gasteiger partial charge in [0, 0.05) is 10.8 Å². The summed E-state index contributed by atoms with van der Waals surface area (Å²) in [5.74, 6) is -0.727. The highest BCUT2D eigenvalue weighted by atomic mass is 32.1. The highest BCUT2D eigenvalue weighted by Crippen LogP contribution is 2.32. The van der Waals surface area contributed by atoms with Crippen molar-refractivity contribution in [1.29, 1.82) is 0 Å². The van der Waals surface area contributed by atoms with Crippen molar-refractivity contribution in [3.05, 3.63) is 46.6 Å². The second-order valence-electron chi connectivity index (χ2n) is 5.35. The lowest BCUT2D eigenvalue weighted by Crippen LogP contribution is -2.42. The predicted octanol–water partition coefficient (Wildman–Crippen LogP) is 3.03. The second kappa shape index (κ2) is 5.88. The van der Waals surface area contributed by atoms with Crippen molar-refractivity contribution in [3.8, 4) is 10.4 Å². The highest BCUT2D eigenvalue weighted by Gasteiger charge is 2.29. The lowest BCUT2D eigenvalue weighted by atomic mass is 10.1. The Morgan fingerprint density at radius 2 is 1.86 bits per heavy atom. The van der Waals surface area contributed by atoms with Gasteiger partial charge in [-0.2, -0.15) is 0 Å². The lowest BCUT2D eigenvalue weighted by molar-refractivity contribution is -0.123. The van der Waals surface area contributed by atoms with Crippen LogP contribution in [0.15, 0.2) is 30.3 Å². The molecule has 3 rings (SSSR count). The van der Waals surface area contributed by atoms with E-state index in [2.05, 4.69) is 10.9 Å². The van der Waals surface area contributed by atoms with Crippen LogP contribution in [0.5, 0.6) is 0 Å². The van der Waals surface area contributed by atoms with E-state index in [1.165, 1.54) is 23.5 Å². The maximum Gasteiger partial charge on any atom is 0.279 e. The number of carbonyl (C=O) groups is 2. The molecule has 0 aliphatic heterocycles. The van der Waals surface area contributed by atoms with Gasteiger partial charge in [-0.1, -0.05) is 12.1 Å². The SMILES string of the molecule is Cc1cc(C(=O)NNC(=O)C2CC2)sc1-c1ccc(F)cc1. The third kappa shape index (κ3) is 3.17. The zero-order valence-electron chi connectivity index (χ0n) is 12.0. The number of aryl methyl sites for hydroxylation is 1. The zero-order chi connectivity index (χ0) is 15.7. The monoisotopic (exact) mass is 318 g/mol. The quantitative estimate of drug-likeness (QED) is 0.855. The minimum absolute atomic E-state index is 0.0418. The topological polar surface area (TPSA) is 58.2 Å². The Labute approximate surface area is 131 Å². The number of amides is 2. The molecule has 1 heterocycles. The van der Waals surface area contributed by atoms with Crippen LogP contribution in [0.2, 0.25) is 0 Å². The summed E-state index contributed by atoms with van der Waals surface area (Å²) in [5, 5.41) is 0. The molecule has 0 spiro atoms. The fourth-order valence-electron chi connectivity index (χ4n) is 2.11. The van der Waals surface area contributed by atoms with E-state index < -0.39 is 0 Å². The van der Waals surface area contributed by atoms with Gasteiger partial charge in [0.2, 0.25) is 5.91 Å². The van der Waals surface area contributed by atoms with Gasteiger partial charge >= 0.3 is 0 Å². The Morgan fingerprint density at radius 1 is 1.18 bits per heavy atom. The van der Waals surface area contributed by atoms with E-state index in [-0.39, 0.29) is 23.5 Å². The van der Waals surface area contributed by atoms with Crippen LogP contribution in [0.25, 0.3) is 10.4 Å². The fraction of sp³-hybridized carbons (Fsp3) is 0.250. The summed E-state index contributed by atoms with van der Waals surface area (Å²) in [6.07, 6.45) is 1.77. The number of rotatable bonds is 3. The molecule has 2 aromatic rings. The average Bonchev–Trinajstić information content (AvgIpc) is 3.28. The van der Waals surface area contributed by atoms with Crippen LogP contribution in [-0.4, -0.2) is 11.8 Å². The molecule has 0 radical (unpaired) electrons. The summed E-state index contributed by atoms with van der Waals surface area (Å²) in [7, 11) is 0. The van der Waals surface area contributed by atoms with Crippen LogP contribution in [0.4, 0.5) is 4.39 Å². The molecular weight excluding hydrogens is 303 g/mol. The van der Waals surface area contributed by atoms with E-state index in [0.717, 1.165) is 28.8 Å². The molecule has 114 valence electrons. The number of thiophene rings is 1. The standard InChI is InChI=1S/C16H15FN2O2S/c1-9-8-13(16(21)19-18-15(20)11-2-3-11)22-14(9)10-4-6-12(17)7-5-10/h4-8,11H,2-3H2,1H3,(H,18,20)(H,19,21). The van der Waals surface area contributed by atoms with Crippen LogP contribution in [0.3, 0.4) is 0 Å². The number of hydrazine groups is 1. The summed E-state index contributed by atoms with van der Waals surface area (Å²) in [4.78, 5) is 25.0. The van der Waals surface area contributed by atoms with Crippen LogP contribution >= 0.6 is 11.3 Å². The van der Waals surface area contributed by atoms with Gasteiger partial charge in [0.1, 0.15) is 5.82 Å². The Hall–Kier alpha value is -2.21. The molecule has 2 amide bonds. The van der Waals surface area contributed by atoms with Gasteiger partial charge in [-0.15, -0.1) is 11.3 Å². The number of halogens is 1. The second-order valence-corrected chi connectivity index (χ2v) is 6.40. The van der Waals surface area contributed by atoms with Gasteiger partial charge in [0.15, 0.2) is 0 Å². The molecule has 1 aliphatic carbocycles. The summed E-state index contributed by atoms with van der Waals surface area (Å²) in [6, 6.07) is 7.92. The molecule has 1 aliphatic rings. The molecule has 1 saturated carbocycles. The normalized spacial score (nSPS) is 13.7. The van der Waals surface area contributed by atoms with Gasteiger partial charge in [0.05, 0.1) is 4.88 Å². The van der Waals surface area contributed by atoms with Crippen molar-refractivity contribution < 1.29 is 14.0 Å². The van der Waals surface area contributed by atoms with Crippen LogP contribution < -0.4 is 10.9 Å². The first kappa shape index (κ1) is 14.7. The maximum atomic E-state index is 13.0. The minimum atomic E-state index is -0.338. The van der Waals surface area contributed by atoms with Crippen molar-refractivity contribution in [3.63, 3.8) is 0 Å². The summed E-state index contributed by atoms with van der Waals surface area (Å²) in [5.41, 5.74) is 6.68. The van der Waals surface area contributed by atoms with E-state index in [9.17, 15) is 14.0 Å². The van der Waals surface area contributed by atoms with Gasteiger partial charge in [0.25, 0.3) is 5.91 Å². The molecule has 1 fully saturated rings. The van der Waals surface area contributed by atoms with E-state index in [0.29, 0.717) is 4.88 Å². The number of hydrogen-bond donors (Lipinski definition) is 2. The third-order valence-corrected chi connectivity index (χ3v) is 4.78. The molecule has 4 nitrogen and oxygen atoms in total. The molecule has 0 bridgehead atoms. The number of carbonyl (C=O) groups excluding carboxylic acids is 2.